The topological polar surface area (TPSA) is 39.1 Å². The van der Waals surface area contributed by atoms with Gasteiger partial charge in [0.05, 0.1) is 6.54 Å². The zero-order valence-electron chi connectivity index (χ0n) is 20.6. The van der Waals surface area contributed by atoms with Gasteiger partial charge in [0.15, 0.2) is 0 Å². The molecule has 3 atom stereocenters. The number of carbonyl (C=O) groups excluding carboxylic acids is 1. The molecule has 0 aliphatic carbocycles. The number of rotatable bonds is 4. The Labute approximate surface area is 207 Å². The van der Waals surface area contributed by atoms with Crippen LogP contribution in [0.1, 0.15) is 45.1 Å². The average Bonchev–Trinajstić information content (AvgIpc) is 3.40. The molecule has 2 fully saturated rings. The zero-order valence-corrected chi connectivity index (χ0v) is 20.6. The number of piperidine rings is 1. The molecule has 3 heterocycles. The monoisotopic (exact) mass is 472 g/mol. The van der Waals surface area contributed by atoms with Gasteiger partial charge in [-0.05, 0) is 69.7 Å². The van der Waals surface area contributed by atoms with Crippen LogP contribution >= 0.6 is 0 Å². The van der Waals surface area contributed by atoms with Crippen LogP contribution in [0.5, 0.6) is 0 Å². The van der Waals surface area contributed by atoms with Gasteiger partial charge in [-0.2, -0.15) is 4.99 Å². The van der Waals surface area contributed by atoms with Crippen molar-refractivity contribution in [1.82, 2.24) is 9.80 Å². The number of nitrogens with zero attached hydrogens (tertiary/aromatic N) is 4. The van der Waals surface area contributed by atoms with Gasteiger partial charge < -0.3 is 4.90 Å². The van der Waals surface area contributed by atoms with E-state index in [4.69, 9.17) is 4.99 Å². The Morgan fingerprint density at radius 1 is 1.14 bits per heavy atom. The Balaban J connectivity index is 1.51. The minimum Gasteiger partial charge on any atom is -0.355 e. The first kappa shape index (κ1) is 23.6. The number of aliphatic imine (C=N–C) groups is 1. The number of likely N-dealkylation sites (tertiary alicyclic amines) is 2. The van der Waals surface area contributed by atoms with Crippen molar-refractivity contribution in [1.29, 1.82) is 0 Å². The summed E-state index contributed by atoms with van der Waals surface area (Å²) in [7, 11) is 0. The molecule has 0 N–H and O–H groups in total. The van der Waals surface area contributed by atoms with Gasteiger partial charge in [0.1, 0.15) is 17.2 Å². The SMILES string of the molecule is CC#CCN1CC[C@@]2(C[C@@H]1C)C(N1CCCC1Cc1ccccc1)=NC(=O)N2c1cccc(F)c1. The van der Waals surface area contributed by atoms with Gasteiger partial charge in [-0.3, -0.25) is 9.80 Å². The van der Waals surface area contributed by atoms with E-state index in [9.17, 15) is 9.18 Å². The van der Waals surface area contributed by atoms with E-state index in [1.54, 1.807) is 11.0 Å². The van der Waals surface area contributed by atoms with Crippen molar-refractivity contribution in [2.75, 3.05) is 24.5 Å². The van der Waals surface area contributed by atoms with Crippen molar-refractivity contribution >= 4 is 17.6 Å². The van der Waals surface area contributed by atoms with E-state index in [1.807, 2.05) is 19.1 Å². The van der Waals surface area contributed by atoms with E-state index >= 15 is 0 Å². The number of urea groups is 1. The van der Waals surface area contributed by atoms with E-state index in [-0.39, 0.29) is 17.9 Å². The average molecular weight is 473 g/mol. The highest BCUT2D eigenvalue weighted by molar-refractivity contribution is 6.16. The first-order valence-electron chi connectivity index (χ1n) is 12.6. The summed E-state index contributed by atoms with van der Waals surface area (Å²) in [5.74, 6) is 6.72. The molecule has 0 radical (unpaired) electrons. The summed E-state index contributed by atoms with van der Waals surface area (Å²) in [6.07, 6.45) is 4.57. The van der Waals surface area contributed by atoms with Crippen LogP contribution in [0.3, 0.4) is 0 Å². The number of hydrogen-bond donors (Lipinski definition) is 0. The van der Waals surface area contributed by atoms with Crippen LogP contribution in [0, 0.1) is 17.7 Å². The van der Waals surface area contributed by atoms with Crippen molar-refractivity contribution in [3.05, 3.63) is 66.0 Å². The summed E-state index contributed by atoms with van der Waals surface area (Å²) in [5, 5.41) is 0. The van der Waals surface area contributed by atoms with Crippen LogP contribution in [0.15, 0.2) is 59.6 Å². The van der Waals surface area contributed by atoms with Crippen molar-refractivity contribution in [3.8, 4) is 11.8 Å². The van der Waals surface area contributed by atoms with E-state index in [2.05, 4.69) is 52.8 Å². The molecule has 3 aliphatic rings. The van der Waals surface area contributed by atoms with Gasteiger partial charge in [0, 0.05) is 30.9 Å². The maximum absolute atomic E-state index is 14.3. The van der Waals surface area contributed by atoms with Crippen molar-refractivity contribution in [2.24, 2.45) is 4.99 Å². The van der Waals surface area contributed by atoms with Crippen LogP contribution in [-0.4, -0.2) is 58.9 Å². The fourth-order valence-corrected chi connectivity index (χ4v) is 6.14. The number of hydrogen-bond acceptors (Lipinski definition) is 3. The molecular weight excluding hydrogens is 439 g/mol. The van der Waals surface area contributed by atoms with Gasteiger partial charge in [-0.25, -0.2) is 9.18 Å². The fourth-order valence-electron chi connectivity index (χ4n) is 6.14. The molecule has 5 nitrogen and oxygen atoms in total. The molecule has 2 aromatic carbocycles. The second-order valence-corrected chi connectivity index (χ2v) is 9.94. The lowest BCUT2D eigenvalue weighted by atomic mass is 9.80. The normalized spacial score (nSPS) is 26.7. The second kappa shape index (κ2) is 9.83. The molecule has 0 bridgehead atoms. The van der Waals surface area contributed by atoms with E-state index in [0.29, 0.717) is 18.3 Å². The molecule has 0 aromatic heterocycles. The number of amides is 2. The molecule has 1 spiro atoms. The van der Waals surface area contributed by atoms with Crippen molar-refractivity contribution < 1.29 is 9.18 Å². The van der Waals surface area contributed by atoms with E-state index < -0.39 is 5.54 Å². The van der Waals surface area contributed by atoms with Crippen LogP contribution < -0.4 is 4.90 Å². The Bertz CT molecular complexity index is 1170. The number of halogens is 1. The Morgan fingerprint density at radius 3 is 2.71 bits per heavy atom. The second-order valence-electron chi connectivity index (χ2n) is 9.94. The van der Waals surface area contributed by atoms with Crippen LogP contribution in [0.4, 0.5) is 14.9 Å². The summed E-state index contributed by atoms with van der Waals surface area (Å²) in [5.41, 5.74) is 1.30. The Kier molecular flexibility index (Phi) is 6.62. The maximum Gasteiger partial charge on any atom is 0.350 e. The van der Waals surface area contributed by atoms with Crippen molar-refractivity contribution in [2.45, 2.75) is 63.6 Å². The highest BCUT2D eigenvalue weighted by Crippen LogP contribution is 2.43. The number of amidine groups is 1. The lowest BCUT2D eigenvalue weighted by molar-refractivity contribution is 0.141. The number of anilines is 1. The third-order valence-electron chi connectivity index (χ3n) is 7.79. The van der Waals surface area contributed by atoms with E-state index in [1.165, 1.54) is 17.7 Å². The summed E-state index contributed by atoms with van der Waals surface area (Å²) >= 11 is 0. The Hall–Kier alpha value is -3.17. The molecule has 1 unspecified atom stereocenters. The highest BCUT2D eigenvalue weighted by atomic mass is 19.1. The summed E-state index contributed by atoms with van der Waals surface area (Å²) in [6.45, 7) is 6.48. The molecule has 5 rings (SSSR count). The van der Waals surface area contributed by atoms with Crippen molar-refractivity contribution in [3.63, 3.8) is 0 Å². The lowest BCUT2D eigenvalue weighted by Crippen LogP contribution is -2.64. The van der Waals surface area contributed by atoms with Gasteiger partial charge in [0.2, 0.25) is 0 Å². The smallest absolute Gasteiger partial charge is 0.350 e. The number of carbonyl (C=O) groups is 1. The molecule has 0 saturated carbocycles. The van der Waals surface area contributed by atoms with Crippen LogP contribution in [0.2, 0.25) is 0 Å². The largest absolute Gasteiger partial charge is 0.355 e. The van der Waals surface area contributed by atoms with Gasteiger partial charge in [-0.1, -0.05) is 42.3 Å². The highest BCUT2D eigenvalue weighted by Gasteiger charge is 2.56. The van der Waals surface area contributed by atoms with Crippen LogP contribution in [0.25, 0.3) is 0 Å². The molecule has 35 heavy (non-hydrogen) atoms. The minimum atomic E-state index is -0.584. The van der Waals surface area contributed by atoms with Gasteiger partial charge >= 0.3 is 6.03 Å². The van der Waals surface area contributed by atoms with Crippen LogP contribution in [-0.2, 0) is 6.42 Å². The van der Waals surface area contributed by atoms with Gasteiger partial charge in [-0.15, -0.1) is 5.92 Å². The number of benzene rings is 2. The molecular formula is C29H33FN4O. The fraction of sp³-hybridized carbons (Fsp3) is 0.448. The summed E-state index contributed by atoms with van der Waals surface area (Å²) < 4.78 is 14.3. The molecule has 2 saturated heterocycles. The predicted octanol–water partition coefficient (Wildman–Crippen LogP) is 5.12. The molecule has 2 amide bonds. The first-order chi connectivity index (χ1) is 17.0. The third kappa shape index (κ3) is 4.46. The third-order valence-corrected chi connectivity index (χ3v) is 7.79. The molecule has 6 heteroatoms. The molecule has 182 valence electrons. The zero-order chi connectivity index (χ0) is 24.4. The standard InChI is InChI=1S/C29H33FN4O/c1-3-4-16-32-18-15-29(21-22(32)2)27(31-28(35)34(29)26-13-8-12-24(30)20-26)33-17-9-14-25(33)19-23-10-6-5-7-11-23/h5-8,10-13,20,22,25H,9,14-19,21H2,1-2H3/t22-,25?,29+/m0/s1. The quantitative estimate of drug-likeness (QED) is 0.580. The van der Waals surface area contributed by atoms with Gasteiger partial charge in [0.25, 0.3) is 0 Å². The Morgan fingerprint density at radius 2 is 1.97 bits per heavy atom. The summed E-state index contributed by atoms with van der Waals surface area (Å²) in [6, 6.07) is 17.1. The lowest BCUT2D eigenvalue weighted by Gasteiger charge is -2.49. The first-order valence-corrected chi connectivity index (χ1v) is 12.6. The molecule has 2 aromatic rings. The summed E-state index contributed by atoms with van der Waals surface area (Å²) in [4.78, 5) is 24.8. The minimum absolute atomic E-state index is 0.215. The predicted molar refractivity (Wildman–Crippen MR) is 138 cm³/mol. The maximum atomic E-state index is 14.3. The van der Waals surface area contributed by atoms with E-state index in [0.717, 1.165) is 51.0 Å². The molecule has 3 aliphatic heterocycles.